The molecule has 6 aromatic heterocycles. The number of rotatable bonds is 6. The lowest BCUT2D eigenvalue weighted by atomic mass is 10.1. The quantitative estimate of drug-likeness (QED) is 0.172. The Balaban J connectivity index is 1.02. The summed E-state index contributed by atoms with van der Waals surface area (Å²) in [6, 6.07) is 46.8. The highest BCUT2D eigenvalue weighted by Gasteiger charge is 2.20. The molecule has 242 valence electrons. The van der Waals surface area contributed by atoms with E-state index in [0.29, 0.717) is 0 Å². The van der Waals surface area contributed by atoms with Gasteiger partial charge < -0.3 is 13.7 Å². The number of anilines is 6. The molecule has 0 saturated heterocycles. The molecule has 0 fully saturated rings. The van der Waals surface area contributed by atoms with Crippen LogP contribution in [0.4, 0.5) is 32.9 Å². The van der Waals surface area contributed by atoms with Crippen LogP contribution in [0.2, 0.25) is 0 Å². The van der Waals surface area contributed by atoms with Gasteiger partial charge >= 0.3 is 0 Å². The van der Waals surface area contributed by atoms with Gasteiger partial charge in [-0.1, -0.05) is 42.5 Å². The Bertz CT molecular complexity index is 2860. The van der Waals surface area contributed by atoms with Gasteiger partial charge in [0.1, 0.15) is 33.2 Å². The molecule has 5 aromatic carbocycles. The predicted molar refractivity (Wildman–Crippen MR) is 217 cm³/mol. The monoisotopic (exact) mass is 711 g/mol. The van der Waals surface area contributed by atoms with E-state index in [0.717, 1.165) is 82.1 Å². The number of pyridine rings is 1. The van der Waals surface area contributed by atoms with E-state index < -0.39 is 0 Å². The van der Waals surface area contributed by atoms with E-state index in [4.69, 9.17) is 13.8 Å². The minimum Gasteiger partial charge on any atom is -0.456 e. The highest BCUT2D eigenvalue weighted by molar-refractivity contribution is 7.25. The highest BCUT2D eigenvalue weighted by Crippen LogP contribution is 2.45. The van der Waals surface area contributed by atoms with Crippen LogP contribution in [0, 0.1) is 0 Å². The molecule has 11 aromatic rings. The van der Waals surface area contributed by atoms with Gasteiger partial charge in [-0.05, 0) is 89.6 Å². The molecule has 0 saturated carbocycles. The van der Waals surface area contributed by atoms with Crippen molar-refractivity contribution in [1.82, 2.24) is 4.98 Å². The molecule has 0 unspecified atom stereocenters. The summed E-state index contributed by atoms with van der Waals surface area (Å²) < 4.78 is 15.0. The van der Waals surface area contributed by atoms with Crippen molar-refractivity contribution in [3.05, 3.63) is 150 Å². The van der Waals surface area contributed by atoms with Gasteiger partial charge in [-0.15, -0.1) is 34.0 Å². The largest absolute Gasteiger partial charge is 0.456 e. The van der Waals surface area contributed by atoms with Gasteiger partial charge in [0.15, 0.2) is 0 Å². The molecule has 0 aliphatic rings. The summed E-state index contributed by atoms with van der Waals surface area (Å²) in [6.45, 7) is 0. The number of aromatic nitrogens is 1. The van der Waals surface area contributed by atoms with Crippen LogP contribution >= 0.6 is 34.0 Å². The zero-order chi connectivity index (χ0) is 33.5. The van der Waals surface area contributed by atoms with Crippen molar-refractivity contribution in [3.63, 3.8) is 0 Å². The van der Waals surface area contributed by atoms with Gasteiger partial charge in [0.05, 0.1) is 16.4 Å². The van der Waals surface area contributed by atoms with Crippen molar-refractivity contribution < 1.29 is 8.83 Å². The molecule has 0 aliphatic carbocycles. The van der Waals surface area contributed by atoms with Crippen LogP contribution in [0.25, 0.3) is 64.0 Å². The van der Waals surface area contributed by atoms with Crippen LogP contribution in [-0.2, 0) is 0 Å². The second kappa shape index (κ2) is 11.3. The summed E-state index contributed by atoms with van der Waals surface area (Å²) in [6.07, 6.45) is 2.02. The Morgan fingerprint density at radius 3 is 1.59 bits per heavy atom. The van der Waals surface area contributed by atoms with Crippen molar-refractivity contribution in [1.29, 1.82) is 0 Å². The number of thiophene rings is 3. The zero-order valence-electron chi connectivity index (χ0n) is 26.8. The second-order valence-electron chi connectivity index (χ2n) is 12.5. The van der Waals surface area contributed by atoms with Crippen LogP contribution < -0.4 is 9.80 Å². The Labute approximate surface area is 303 Å². The molecule has 8 heteroatoms. The van der Waals surface area contributed by atoms with E-state index in [2.05, 4.69) is 130 Å². The first kappa shape index (κ1) is 28.9. The normalized spacial score (nSPS) is 11.9. The lowest BCUT2D eigenvalue weighted by Crippen LogP contribution is -2.09. The molecule has 0 amide bonds. The number of para-hydroxylation sites is 2. The summed E-state index contributed by atoms with van der Waals surface area (Å²) >= 11 is 5.21. The third kappa shape index (κ3) is 4.61. The third-order valence-electron chi connectivity index (χ3n) is 9.51. The Morgan fingerprint density at radius 1 is 0.431 bits per heavy atom. The minimum absolute atomic E-state index is 0.862. The second-order valence-corrected chi connectivity index (χ2v) is 15.4. The number of furan rings is 2. The van der Waals surface area contributed by atoms with E-state index in [1.54, 1.807) is 34.0 Å². The lowest BCUT2D eigenvalue weighted by Gasteiger charge is -2.23. The number of benzene rings is 5. The number of hydrogen-bond donors (Lipinski definition) is 0. The smallest absolute Gasteiger partial charge is 0.139 e. The molecule has 5 nitrogen and oxygen atoms in total. The Morgan fingerprint density at radius 2 is 0.961 bits per heavy atom. The first-order chi connectivity index (χ1) is 25.2. The number of hydrogen-bond acceptors (Lipinski definition) is 8. The van der Waals surface area contributed by atoms with Gasteiger partial charge in [0.25, 0.3) is 0 Å². The summed E-state index contributed by atoms with van der Waals surface area (Å²) in [4.78, 5) is 9.61. The fraction of sp³-hybridized carbons (Fsp3) is 0. The molecule has 0 N–H and O–H groups in total. The predicted octanol–water partition coefficient (Wildman–Crippen LogP) is 14.3. The SMILES string of the molecule is c1csc(N(c2ccc3c(c2)oc2ccccc23)c2ccc3c(c2)sc2cc(N(c4ccc5c(c4)oc4ccccc45)c4cccs4)ncc23)c1. The van der Waals surface area contributed by atoms with Crippen molar-refractivity contribution in [2.75, 3.05) is 9.80 Å². The standard InChI is InChI=1S/C43H25N3O2S3/c1-3-9-35-29(7-1)31-16-13-26(21-37(31)47-35)45(42-11-5-19-49-42)28-15-18-33-34-25-44-41(24-40(34)51-39(33)23-28)46(43-12-6-20-50-43)27-14-17-32-30-8-2-4-10-36(30)48-38(32)22-27/h1-25H. The maximum atomic E-state index is 6.29. The molecule has 0 bridgehead atoms. The molecule has 0 aliphatic heterocycles. The Hall–Kier alpha value is -5.93. The highest BCUT2D eigenvalue weighted by atomic mass is 32.1. The topological polar surface area (TPSA) is 45.7 Å². The number of nitrogens with zero attached hydrogens (tertiary/aromatic N) is 3. The van der Waals surface area contributed by atoms with Crippen molar-refractivity contribution in [2.45, 2.75) is 0 Å². The van der Waals surface area contributed by atoms with Crippen LogP contribution in [0.5, 0.6) is 0 Å². The summed E-state index contributed by atoms with van der Waals surface area (Å²) in [5.41, 5.74) is 6.70. The van der Waals surface area contributed by atoms with E-state index >= 15 is 0 Å². The van der Waals surface area contributed by atoms with E-state index in [9.17, 15) is 0 Å². The van der Waals surface area contributed by atoms with Crippen LogP contribution in [0.1, 0.15) is 0 Å². The molecule has 0 radical (unpaired) electrons. The van der Waals surface area contributed by atoms with E-state index in [-0.39, 0.29) is 0 Å². The molecule has 51 heavy (non-hydrogen) atoms. The first-order valence-corrected chi connectivity index (χ1v) is 19.1. The fourth-order valence-electron chi connectivity index (χ4n) is 7.19. The molecule has 0 atom stereocenters. The van der Waals surface area contributed by atoms with E-state index in [1.807, 2.05) is 30.5 Å². The lowest BCUT2D eigenvalue weighted by molar-refractivity contribution is 0.668. The van der Waals surface area contributed by atoms with Crippen LogP contribution in [0.15, 0.2) is 159 Å². The molecular weight excluding hydrogens is 687 g/mol. The third-order valence-corrected chi connectivity index (χ3v) is 12.3. The molecule has 0 spiro atoms. The zero-order valence-corrected chi connectivity index (χ0v) is 29.3. The van der Waals surface area contributed by atoms with Gasteiger partial charge in [0, 0.05) is 65.7 Å². The summed E-state index contributed by atoms with van der Waals surface area (Å²) in [7, 11) is 0. The van der Waals surface area contributed by atoms with Gasteiger partial charge in [-0.25, -0.2) is 4.98 Å². The maximum absolute atomic E-state index is 6.29. The average Bonchev–Trinajstić information content (AvgIpc) is 4.01. The average molecular weight is 712 g/mol. The minimum atomic E-state index is 0.862. The van der Waals surface area contributed by atoms with Gasteiger partial charge in [-0.3, -0.25) is 4.90 Å². The van der Waals surface area contributed by atoms with Crippen LogP contribution in [0.3, 0.4) is 0 Å². The first-order valence-electron chi connectivity index (χ1n) is 16.6. The van der Waals surface area contributed by atoms with Gasteiger partial charge in [-0.2, -0.15) is 0 Å². The Kier molecular flexibility index (Phi) is 6.39. The molecule has 11 rings (SSSR count). The summed E-state index contributed by atoms with van der Waals surface area (Å²) in [5, 5.41) is 13.3. The van der Waals surface area contributed by atoms with Crippen LogP contribution in [-0.4, -0.2) is 4.98 Å². The fourth-order valence-corrected chi connectivity index (χ4v) is 9.86. The van der Waals surface area contributed by atoms with E-state index in [1.165, 1.54) is 14.8 Å². The molecular formula is C43H25N3O2S3. The summed E-state index contributed by atoms with van der Waals surface area (Å²) in [5.74, 6) is 0.867. The maximum Gasteiger partial charge on any atom is 0.139 e. The number of fused-ring (bicyclic) bond motifs is 9. The van der Waals surface area contributed by atoms with Gasteiger partial charge in [0.2, 0.25) is 0 Å². The van der Waals surface area contributed by atoms with Crippen molar-refractivity contribution in [2.24, 2.45) is 0 Å². The van der Waals surface area contributed by atoms with Crippen molar-refractivity contribution in [3.8, 4) is 0 Å². The molecule has 6 heterocycles. The van der Waals surface area contributed by atoms with Crippen molar-refractivity contribution >= 4 is 131 Å².